The van der Waals surface area contributed by atoms with Crippen molar-refractivity contribution in [2.45, 2.75) is 24.7 Å². The molecule has 1 N–H and O–H groups in total. The van der Waals surface area contributed by atoms with E-state index in [1.54, 1.807) is 7.11 Å². The number of hydrogen-bond acceptors (Lipinski definition) is 4. The zero-order chi connectivity index (χ0) is 15.4. The highest BCUT2D eigenvalue weighted by Gasteiger charge is 2.26. The van der Waals surface area contributed by atoms with Crippen molar-refractivity contribution in [3.8, 4) is 11.5 Å². The Morgan fingerprint density at radius 1 is 1.41 bits per heavy atom. The molecule has 2 unspecified atom stereocenters. The third-order valence-electron chi connectivity index (χ3n) is 4.35. The summed E-state index contributed by atoms with van der Waals surface area (Å²) in [6.07, 6.45) is 2.25. The summed E-state index contributed by atoms with van der Waals surface area (Å²) in [6, 6.07) is 10.6. The van der Waals surface area contributed by atoms with Crippen molar-refractivity contribution in [2.24, 2.45) is 0 Å². The van der Waals surface area contributed by atoms with Gasteiger partial charge < -0.3 is 14.8 Å². The van der Waals surface area contributed by atoms with Crippen LogP contribution in [0.4, 0.5) is 0 Å². The maximum atomic E-state index is 5.84. The van der Waals surface area contributed by atoms with Crippen LogP contribution >= 0.6 is 11.3 Å². The van der Waals surface area contributed by atoms with Gasteiger partial charge in [0.05, 0.1) is 13.7 Å². The van der Waals surface area contributed by atoms with Gasteiger partial charge >= 0.3 is 0 Å². The Bertz CT molecular complexity index is 597. The van der Waals surface area contributed by atoms with Crippen LogP contribution in [-0.2, 0) is 0 Å². The van der Waals surface area contributed by atoms with Crippen LogP contribution in [0.2, 0.25) is 0 Å². The molecule has 1 aromatic carbocycles. The highest BCUT2D eigenvalue weighted by atomic mass is 32.1. The van der Waals surface area contributed by atoms with Crippen LogP contribution < -0.4 is 14.8 Å². The second-order valence-electron chi connectivity index (χ2n) is 5.74. The van der Waals surface area contributed by atoms with Gasteiger partial charge in [-0.15, -0.1) is 11.3 Å². The quantitative estimate of drug-likeness (QED) is 0.873. The monoisotopic (exact) mass is 317 g/mol. The van der Waals surface area contributed by atoms with E-state index in [1.165, 1.54) is 10.4 Å². The van der Waals surface area contributed by atoms with E-state index in [1.807, 2.05) is 30.5 Å². The Morgan fingerprint density at radius 3 is 3.05 bits per heavy atom. The first-order chi connectivity index (χ1) is 10.8. The summed E-state index contributed by atoms with van der Waals surface area (Å²) in [7, 11) is 3.73. The summed E-state index contributed by atoms with van der Waals surface area (Å²) in [5.74, 6) is 2.97. The average molecular weight is 317 g/mol. The second-order valence-corrected chi connectivity index (χ2v) is 6.72. The Hall–Kier alpha value is -1.52. The van der Waals surface area contributed by atoms with Gasteiger partial charge in [-0.1, -0.05) is 12.1 Å². The molecule has 118 valence electrons. The number of benzene rings is 1. The summed E-state index contributed by atoms with van der Waals surface area (Å²) < 4.78 is 11.1. The van der Waals surface area contributed by atoms with Crippen molar-refractivity contribution in [3.05, 3.63) is 46.2 Å². The molecule has 2 atom stereocenters. The van der Waals surface area contributed by atoms with Gasteiger partial charge in [0.2, 0.25) is 0 Å². The predicted molar refractivity (Wildman–Crippen MR) is 91.5 cm³/mol. The van der Waals surface area contributed by atoms with E-state index in [2.05, 4.69) is 28.9 Å². The van der Waals surface area contributed by atoms with Gasteiger partial charge in [-0.2, -0.15) is 0 Å². The van der Waals surface area contributed by atoms with Crippen LogP contribution in [0, 0.1) is 0 Å². The standard InChI is InChI=1S/C18H23NO2S/c1-19-12-14(18-4-3-9-22-18)10-13-7-8-21-17-11-15(20-2)5-6-16(13)17/h3-6,9,11,13-14,19H,7-8,10,12H2,1-2H3. The molecule has 3 rings (SSSR count). The van der Waals surface area contributed by atoms with E-state index in [9.17, 15) is 0 Å². The molecule has 22 heavy (non-hydrogen) atoms. The minimum atomic E-state index is 0.551. The van der Waals surface area contributed by atoms with Crippen LogP contribution in [0.5, 0.6) is 11.5 Å². The lowest BCUT2D eigenvalue weighted by Gasteiger charge is -2.29. The number of nitrogens with one attached hydrogen (secondary N) is 1. The molecule has 0 saturated carbocycles. The molecule has 0 aliphatic carbocycles. The summed E-state index contributed by atoms with van der Waals surface area (Å²) >= 11 is 1.86. The van der Waals surface area contributed by atoms with E-state index >= 15 is 0 Å². The van der Waals surface area contributed by atoms with Gasteiger partial charge in [0.1, 0.15) is 11.5 Å². The topological polar surface area (TPSA) is 30.5 Å². The van der Waals surface area contributed by atoms with Crippen LogP contribution in [0.1, 0.15) is 35.1 Å². The van der Waals surface area contributed by atoms with Crippen LogP contribution in [0.15, 0.2) is 35.7 Å². The number of hydrogen-bond donors (Lipinski definition) is 1. The first-order valence-electron chi connectivity index (χ1n) is 7.80. The van der Waals surface area contributed by atoms with E-state index in [-0.39, 0.29) is 0 Å². The van der Waals surface area contributed by atoms with E-state index < -0.39 is 0 Å². The van der Waals surface area contributed by atoms with Gasteiger partial charge in [-0.05, 0) is 48.9 Å². The summed E-state index contributed by atoms with van der Waals surface area (Å²) in [5, 5.41) is 5.51. The van der Waals surface area contributed by atoms with Crippen molar-refractivity contribution in [1.29, 1.82) is 0 Å². The summed E-state index contributed by atoms with van der Waals surface area (Å²) in [4.78, 5) is 1.47. The minimum Gasteiger partial charge on any atom is -0.497 e. The largest absolute Gasteiger partial charge is 0.497 e. The molecule has 4 heteroatoms. The van der Waals surface area contributed by atoms with Crippen LogP contribution in [0.3, 0.4) is 0 Å². The fourth-order valence-corrected chi connectivity index (χ4v) is 4.07. The Kier molecular flexibility index (Phi) is 5.01. The Labute approximate surface area is 136 Å². The highest BCUT2D eigenvalue weighted by molar-refractivity contribution is 7.10. The number of fused-ring (bicyclic) bond motifs is 1. The van der Waals surface area contributed by atoms with Crippen molar-refractivity contribution in [1.82, 2.24) is 5.32 Å². The van der Waals surface area contributed by atoms with E-state index in [0.29, 0.717) is 11.8 Å². The molecule has 1 aliphatic heterocycles. The molecule has 2 heterocycles. The smallest absolute Gasteiger partial charge is 0.126 e. The lowest BCUT2D eigenvalue weighted by Crippen LogP contribution is -2.21. The number of likely N-dealkylation sites (N-methyl/N-ethyl adjacent to an activating group) is 1. The second kappa shape index (κ2) is 7.16. The first kappa shape index (κ1) is 15.4. The van der Waals surface area contributed by atoms with Crippen molar-refractivity contribution < 1.29 is 9.47 Å². The normalized spacial score (nSPS) is 18.4. The van der Waals surface area contributed by atoms with Crippen LogP contribution in [-0.4, -0.2) is 27.3 Å². The molecule has 1 aliphatic rings. The van der Waals surface area contributed by atoms with Gasteiger partial charge in [-0.3, -0.25) is 0 Å². The summed E-state index contributed by atoms with van der Waals surface area (Å²) in [5.41, 5.74) is 1.32. The molecular weight excluding hydrogens is 294 g/mol. The number of rotatable bonds is 6. The number of thiophene rings is 1. The Balaban J connectivity index is 1.81. The van der Waals surface area contributed by atoms with Gasteiger partial charge in [0.25, 0.3) is 0 Å². The Morgan fingerprint density at radius 2 is 2.32 bits per heavy atom. The lowest BCUT2D eigenvalue weighted by molar-refractivity contribution is 0.257. The third-order valence-corrected chi connectivity index (χ3v) is 5.38. The molecular formula is C18H23NO2S. The molecule has 0 radical (unpaired) electrons. The van der Waals surface area contributed by atoms with Gasteiger partial charge in [-0.25, -0.2) is 0 Å². The van der Waals surface area contributed by atoms with Gasteiger partial charge in [0, 0.05) is 23.4 Å². The molecule has 0 spiro atoms. The number of methoxy groups -OCH3 is 1. The number of ether oxygens (including phenoxy) is 2. The van der Waals surface area contributed by atoms with Crippen molar-refractivity contribution in [2.75, 3.05) is 27.3 Å². The molecule has 0 saturated heterocycles. The van der Waals surface area contributed by atoms with Crippen molar-refractivity contribution in [3.63, 3.8) is 0 Å². The zero-order valence-corrected chi connectivity index (χ0v) is 14.0. The van der Waals surface area contributed by atoms with Crippen molar-refractivity contribution >= 4 is 11.3 Å². The first-order valence-corrected chi connectivity index (χ1v) is 8.68. The molecule has 0 bridgehead atoms. The molecule has 2 aromatic rings. The predicted octanol–water partition coefficient (Wildman–Crippen LogP) is 4.02. The van der Waals surface area contributed by atoms with Crippen LogP contribution in [0.25, 0.3) is 0 Å². The fourth-order valence-electron chi connectivity index (χ4n) is 3.23. The SMILES string of the molecule is CNCC(CC1CCOc2cc(OC)ccc21)c1cccs1. The molecule has 3 nitrogen and oxygen atoms in total. The maximum absolute atomic E-state index is 5.84. The average Bonchev–Trinajstić information content (AvgIpc) is 3.08. The van der Waals surface area contributed by atoms with Gasteiger partial charge in [0.15, 0.2) is 0 Å². The highest BCUT2D eigenvalue weighted by Crippen LogP contribution is 2.41. The van der Waals surface area contributed by atoms with E-state index in [0.717, 1.165) is 37.5 Å². The molecule has 1 aromatic heterocycles. The van der Waals surface area contributed by atoms with E-state index in [4.69, 9.17) is 9.47 Å². The molecule has 0 amide bonds. The lowest BCUT2D eigenvalue weighted by atomic mass is 9.84. The zero-order valence-electron chi connectivity index (χ0n) is 13.2. The minimum absolute atomic E-state index is 0.551. The third kappa shape index (κ3) is 3.28. The summed E-state index contributed by atoms with van der Waals surface area (Å²) in [6.45, 7) is 1.81. The fraction of sp³-hybridized carbons (Fsp3) is 0.444. The maximum Gasteiger partial charge on any atom is 0.126 e. The molecule has 0 fully saturated rings.